The number of amides is 1. The Hall–Kier alpha value is -1.55. The van der Waals surface area contributed by atoms with Gasteiger partial charge in [0.25, 0.3) is 5.91 Å². The summed E-state index contributed by atoms with van der Waals surface area (Å²) in [6.45, 7) is 14.4. The van der Waals surface area contributed by atoms with Gasteiger partial charge in [0.2, 0.25) is 0 Å². The highest BCUT2D eigenvalue weighted by atomic mass is 16.5. The van der Waals surface area contributed by atoms with Crippen LogP contribution in [0.1, 0.15) is 40.2 Å². The molecule has 0 aliphatic rings. The van der Waals surface area contributed by atoms with Gasteiger partial charge in [-0.15, -0.1) is 0 Å². The van der Waals surface area contributed by atoms with E-state index >= 15 is 0 Å². The molecular weight excluding hydrogens is 276 g/mol. The molecule has 0 heterocycles. The highest BCUT2D eigenvalue weighted by Gasteiger charge is 2.13. The minimum absolute atomic E-state index is 0.0626. The van der Waals surface area contributed by atoms with E-state index in [1.807, 2.05) is 24.3 Å². The summed E-state index contributed by atoms with van der Waals surface area (Å²) in [6.07, 6.45) is 0. The zero-order chi connectivity index (χ0) is 16.6. The van der Waals surface area contributed by atoms with Crippen molar-refractivity contribution in [2.24, 2.45) is 0 Å². The van der Waals surface area contributed by atoms with Gasteiger partial charge in [-0.2, -0.15) is 0 Å². The SMILES string of the molecule is CCN(CC)CCNC(=O)COc1ccc(C(C)(C)C)cc1. The number of rotatable bonds is 8. The maximum absolute atomic E-state index is 11.7. The molecule has 4 nitrogen and oxygen atoms in total. The van der Waals surface area contributed by atoms with Gasteiger partial charge in [-0.25, -0.2) is 0 Å². The molecule has 0 unspecified atom stereocenters. The average molecular weight is 306 g/mol. The Kier molecular flexibility index (Phi) is 7.39. The standard InChI is InChI=1S/C18H30N2O2/c1-6-20(7-2)13-12-19-17(21)14-22-16-10-8-15(9-11-16)18(3,4)5/h8-11H,6-7,12-14H2,1-5H3,(H,19,21). The second kappa shape index (κ2) is 8.79. The smallest absolute Gasteiger partial charge is 0.257 e. The molecule has 0 saturated heterocycles. The summed E-state index contributed by atoms with van der Waals surface area (Å²) in [5, 5.41) is 2.88. The summed E-state index contributed by atoms with van der Waals surface area (Å²) in [6, 6.07) is 7.94. The first-order valence-electron chi connectivity index (χ1n) is 8.09. The van der Waals surface area contributed by atoms with Crippen molar-refractivity contribution in [3.8, 4) is 5.75 Å². The first-order valence-corrected chi connectivity index (χ1v) is 8.09. The van der Waals surface area contributed by atoms with Crippen LogP contribution < -0.4 is 10.1 Å². The summed E-state index contributed by atoms with van der Waals surface area (Å²) in [5.74, 6) is 0.652. The van der Waals surface area contributed by atoms with Crippen molar-refractivity contribution in [2.45, 2.75) is 40.0 Å². The molecular formula is C18H30N2O2. The number of nitrogens with zero attached hydrogens (tertiary/aromatic N) is 1. The minimum Gasteiger partial charge on any atom is -0.484 e. The Balaban J connectivity index is 2.32. The lowest BCUT2D eigenvalue weighted by Gasteiger charge is -2.19. The Bertz CT molecular complexity index is 445. The van der Waals surface area contributed by atoms with Crippen molar-refractivity contribution in [3.05, 3.63) is 29.8 Å². The maximum atomic E-state index is 11.7. The Morgan fingerprint density at radius 1 is 1.14 bits per heavy atom. The van der Waals surface area contributed by atoms with Crippen LogP contribution in [-0.2, 0) is 10.2 Å². The third kappa shape index (κ3) is 6.48. The molecule has 1 N–H and O–H groups in total. The number of benzene rings is 1. The van der Waals surface area contributed by atoms with Gasteiger partial charge in [-0.3, -0.25) is 4.79 Å². The van der Waals surface area contributed by atoms with Gasteiger partial charge >= 0.3 is 0 Å². The van der Waals surface area contributed by atoms with Crippen LogP contribution in [0.15, 0.2) is 24.3 Å². The van der Waals surface area contributed by atoms with Gasteiger partial charge in [-0.05, 0) is 36.2 Å². The first-order chi connectivity index (χ1) is 10.4. The van der Waals surface area contributed by atoms with E-state index in [4.69, 9.17) is 4.74 Å². The van der Waals surface area contributed by atoms with Crippen LogP contribution >= 0.6 is 0 Å². The van der Waals surface area contributed by atoms with Crippen molar-refractivity contribution >= 4 is 5.91 Å². The topological polar surface area (TPSA) is 41.6 Å². The first kappa shape index (κ1) is 18.5. The van der Waals surface area contributed by atoms with Gasteiger partial charge in [0, 0.05) is 13.1 Å². The number of nitrogens with one attached hydrogen (secondary N) is 1. The molecule has 0 aliphatic heterocycles. The summed E-state index contributed by atoms with van der Waals surface area (Å²) < 4.78 is 5.52. The van der Waals surface area contributed by atoms with E-state index in [2.05, 4.69) is 44.8 Å². The number of hydrogen-bond donors (Lipinski definition) is 1. The van der Waals surface area contributed by atoms with Gasteiger partial charge < -0.3 is 15.0 Å². The summed E-state index contributed by atoms with van der Waals surface area (Å²) in [4.78, 5) is 14.0. The van der Waals surface area contributed by atoms with Crippen molar-refractivity contribution < 1.29 is 9.53 Å². The van der Waals surface area contributed by atoms with Crippen LogP contribution in [0.4, 0.5) is 0 Å². The van der Waals surface area contributed by atoms with Gasteiger partial charge in [0.05, 0.1) is 0 Å². The molecule has 124 valence electrons. The summed E-state index contributed by atoms with van der Waals surface area (Å²) >= 11 is 0. The monoisotopic (exact) mass is 306 g/mol. The number of ether oxygens (including phenoxy) is 1. The average Bonchev–Trinajstić information content (AvgIpc) is 2.49. The van der Waals surface area contributed by atoms with E-state index < -0.39 is 0 Å². The van der Waals surface area contributed by atoms with Gasteiger partial charge in [-0.1, -0.05) is 46.8 Å². The molecule has 0 radical (unpaired) electrons. The third-order valence-electron chi connectivity index (χ3n) is 3.73. The molecule has 22 heavy (non-hydrogen) atoms. The zero-order valence-corrected chi connectivity index (χ0v) is 14.6. The van der Waals surface area contributed by atoms with E-state index in [-0.39, 0.29) is 17.9 Å². The normalized spacial score (nSPS) is 11.5. The number of likely N-dealkylation sites (N-methyl/N-ethyl adjacent to an activating group) is 1. The van der Waals surface area contributed by atoms with Crippen LogP contribution in [-0.4, -0.2) is 43.6 Å². The third-order valence-corrected chi connectivity index (χ3v) is 3.73. The van der Waals surface area contributed by atoms with Crippen molar-refractivity contribution in [2.75, 3.05) is 32.8 Å². The molecule has 0 spiro atoms. The van der Waals surface area contributed by atoms with Crippen molar-refractivity contribution in [3.63, 3.8) is 0 Å². The summed E-state index contributed by atoms with van der Waals surface area (Å²) in [7, 11) is 0. The number of carbonyl (C=O) groups is 1. The molecule has 1 rings (SSSR count). The Morgan fingerprint density at radius 3 is 2.23 bits per heavy atom. The fourth-order valence-corrected chi connectivity index (χ4v) is 2.14. The second-order valence-corrected chi connectivity index (χ2v) is 6.44. The van der Waals surface area contributed by atoms with Crippen LogP contribution in [0, 0.1) is 0 Å². The quantitative estimate of drug-likeness (QED) is 0.803. The van der Waals surface area contributed by atoms with E-state index in [0.29, 0.717) is 6.54 Å². The number of carbonyl (C=O) groups excluding carboxylic acids is 1. The van der Waals surface area contributed by atoms with Crippen LogP contribution in [0.2, 0.25) is 0 Å². The highest BCUT2D eigenvalue weighted by Crippen LogP contribution is 2.24. The van der Waals surface area contributed by atoms with Gasteiger partial charge in [0.15, 0.2) is 6.61 Å². The largest absolute Gasteiger partial charge is 0.484 e. The number of hydrogen-bond acceptors (Lipinski definition) is 3. The fraction of sp³-hybridized carbons (Fsp3) is 0.611. The predicted octanol–water partition coefficient (Wildman–Crippen LogP) is 2.82. The second-order valence-electron chi connectivity index (χ2n) is 6.44. The predicted molar refractivity (Wildman–Crippen MR) is 91.4 cm³/mol. The molecule has 0 fully saturated rings. The van der Waals surface area contributed by atoms with Crippen LogP contribution in [0.25, 0.3) is 0 Å². The molecule has 1 aromatic carbocycles. The molecule has 1 amide bonds. The fourth-order valence-electron chi connectivity index (χ4n) is 2.14. The molecule has 0 atom stereocenters. The van der Waals surface area contributed by atoms with Gasteiger partial charge in [0.1, 0.15) is 5.75 Å². The molecule has 0 aromatic heterocycles. The molecule has 0 saturated carbocycles. The van der Waals surface area contributed by atoms with E-state index in [1.165, 1.54) is 5.56 Å². The Morgan fingerprint density at radius 2 is 1.73 bits per heavy atom. The van der Waals surface area contributed by atoms with E-state index in [1.54, 1.807) is 0 Å². The Labute approximate surface area is 134 Å². The lowest BCUT2D eigenvalue weighted by molar-refractivity contribution is -0.123. The maximum Gasteiger partial charge on any atom is 0.257 e. The lowest BCUT2D eigenvalue weighted by Crippen LogP contribution is -2.36. The van der Waals surface area contributed by atoms with E-state index in [0.717, 1.165) is 25.4 Å². The molecule has 0 bridgehead atoms. The lowest BCUT2D eigenvalue weighted by atomic mass is 9.87. The highest BCUT2D eigenvalue weighted by molar-refractivity contribution is 5.77. The van der Waals surface area contributed by atoms with Crippen LogP contribution in [0.5, 0.6) is 5.75 Å². The van der Waals surface area contributed by atoms with Crippen LogP contribution in [0.3, 0.4) is 0 Å². The summed E-state index contributed by atoms with van der Waals surface area (Å²) in [5.41, 5.74) is 1.38. The molecule has 4 heteroatoms. The minimum atomic E-state index is -0.0768. The van der Waals surface area contributed by atoms with Crippen molar-refractivity contribution in [1.29, 1.82) is 0 Å². The molecule has 0 aliphatic carbocycles. The zero-order valence-electron chi connectivity index (χ0n) is 14.6. The van der Waals surface area contributed by atoms with E-state index in [9.17, 15) is 4.79 Å². The van der Waals surface area contributed by atoms with Crippen molar-refractivity contribution in [1.82, 2.24) is 10.2 Å². The molecule has 1 aromatic rings.